The molecule has 0 amide bonds. The monoisotopic (exact) mass is 818 g/mol. The van der Waals surface area contributed by atoms with Crippen LogP contribution in [0.4, 0.5) is 0 Å². The summed E-state index contributed by atoms with van der Waals surface area (Å²) in [5.41, 5.74) is 18.5. The average Bonchev–Trinajstić information content (AvgIpc) is 3.82. The first-order valence-corrected chi connectivity index (χ1v) is 21.9. The number of rotatable bonds is 7. The minimum absolute atomic E-state index is 0.114. The summed E-state index contributed by atoms with van der Waals surface area (Å²) in [5.74, 6) is 1.90. The lowest BCUT2D eigenvalue weighted by molar-refractivity contribution is 0.660. The maximum Gasteiger partial charge on any atom is 0.164 e. The summed E-state index contributed by atoms with van der Waals surface area (Å²) in [6.07, 6.45) is 0. The van der Waals surface area contributed by atoms with E-state index in [-0.39, 0.29) is 5.41 Å². The molecular weight excluding hydrogens is 777 g/mol. The number of nitrogens with zero attached hydrogens (tertiary/aromatic N) is 4. The zero-order valence-electron chi connectivity index (χ0n) is 35.6. The molecule has 0 saturated carbocycles. The van der Waals surface area contributed by atoms with Gasteiger partial charge in [-0.3, -0.25) is 0 Å². The van der Waals surface area contributed by atoms with Crippen molar-refractivity contribution in [3.8, 4) is 84.4 Å². The van der Waals surface area contributed by atoms with Crippen molar-refractivity contribution in [2.24, 2.45) is 0 Å². The average molecular weight is 819 g/mol. The summed E-state index contributed by atoms with van der Waals surface area (Å²) in [6.45, 7) is 4.71. The Labute approximate surface area is 372 Å². The van der Waals surface area contributed by atoms with Gasteiger partial charge in [0, 0.05) is 38.4 Å². The summed E-state index contributed by atoms with van der Waals surface area (Å²) >= 11 is 0. The molecule has 4 nitrogen and oxygen atoms in total. The predicted octanol–water partition coefficient (Wildman–Crippen LogP) is 15.3. The molecule has 0 unspecified atom stereocenters. The first-order chi connectivity index (χ1) is 31.5. The van der Waals surface area contributed by atoms with E-state index >= 15 is 0 Å². The number of fused-ring (bicyclic) bond motifs is 6. The smallest absolute Gasteiger partial charge is 0.164 e. The minimum Gasteiger partial charge on any atom is -0.309 e. The van der Waals surface area contributed by atoms with E-state index < -0.39 is 0 Å². The van der Waals surface area contributed by atoms with Crippen LogP contribution in [-0.2, 0) is 5.41 Å². The number of benzene rings is 9. The van der Waals surface area contributed by atoms with Crippen molar-refractivity contribution in [3.05, 3.63) is 230 Å². The molecule has 0 spiro atoms. The largest absolute Gasteiger partial charge is 0.309 e. The lowest BCUT2D eigenvalue weighted by atomic mass is 9.82. The molecule has 1 aliphatic carbocycles. The quantitative estimate of drug-likeness (QED) is 0.161. The van der Waals surface area contributed by atoms with Gasteiger partial charge < -0.3 is 4.57 Å². The predicted molar refractivity (Wildman–Crippen MR) is 264 cm³/mol. The van der Waals surface area contributed by atoms with Gasteiger partial charge >= 0.3 is 0 Å². The van der Waals surface area contributed by atoms with E-state index in [0.29, 0.717) is 17.5 Å². The molecule has 1 aliphatic rings. The normalized spacial score (nSPS) is 12.7. The van der Waals surface area contributed by atoms with Gasteiger partial charge in [0.2, 0.25) is 0 Å². The zero-order valence-corrected chi connectivity index (χ0v) is 35.6. The van der Waals surface area contributed by atoms with Gasteiger partial charge in [-0.2, -0.15) is 0 Å². The van der Waals surface area contributed by atoms with E-state index in [0.717, 1.165) is 33.4 Å². The topological polar surface area (TPSA) is 43.6 Å². The molecule has 2 aromatic heterocycles. The van der Waals surface area contributed by atoms with Gasteiger partial charge in [-0.25, -0.2) is 15.0 Å². The zero-order chi connectivity index (χ0) is 42.8. The van der Waals surface area contributed by atoms with Gasteiger partial charge in [-0.05, 0) is 74.3 Å². The van der Waals surface area contributed by atoms with Crippen LogP contribution in [0, 0.1) is 0 Å². The molecule has 64 heavy (non-hydrogen) atoms. The molecule has 2 heterocycles. The van der Waals surface area contributed by atoms with Crippen LogP contribution >= 0.6 is 0 Å². The molecule has 12 rings (SSSR count). The second-order valence-corrected chi connectivity index (χ2v) is 17.2. The van der Waals surface area contributed by atoms with Crippen LogP contribution in [0.3, 0.4) is 0 Å². The third kappa shape index (κ3) is 6.18. The number of hydrogen-bond acceptors (Lipinski definition) is 3. The van der Waals surface area contributed by atoms with Crippen molar-refractivity contribution in [1.29, 1.82) is 0 Å². The second-order valence-electron chi connectivity index (χ2n) is 17.2. The summed E-state index contributed by atoms with van der Waals surface area (Å²) in [7, 11) is 0. The van der Waals surface area contributed by atoms with Crippen LogP contribution in [0.1, 0.15) is 25.0 Å². The van der Waals surface area contributed by atoms with Gasteiger partial charge in [0.05, 0.1) is 16.7 Å². The van der Waals surface area contributed by atoms with Crippen LogP contribution in [0.25, 0.3) is 106 Å². The van der Waals surface area contributed by atoms with Gasteiger partial charge in [0.15, 0.2) is 17.5 Å². The Morgan fingerprint density at radius 1 is 0.344 bits per heavy atom. The maximum atomic E-state index is 5.10. The highest BCUT2D eigenvalue weighted by Crippen LogP contribution is 2.52. The Morgan fingerprint density at radius 2 is 0.812 bits per heavy atom. The number of para-hydroxylation sites is 1. The van der Waals surface area contributed by atoms with E-state index in [9.17, 15) is 0 Å². The Hall–Kier alpha value is -8.21. The fourth-order valence-electron chi connectivity index (χ4n) is 9.89. The van der Waals surface area contributed by atoms with Crippen molar-refractivity contribution < 1.29 is 0 Å². The summed E-state index contributed by atoms with van der Waals surface area (Å²) < 4.78 is 2.51. The van der Waals surface area contributed by atoms with Crippen LogP contribution in [0.5, 0.6) is 0 Å². The third-order valence-electron chi connectivity index (χ3n) is 13.1. The molecule has 0 atom stereocenters. The first kappa shape index (κ1) is 37.5. The van der Waals surface area contributed by atoms with E-state index in [1.165, 1.54) is 66.4 Å². The van der Waals surface area contributed by atoms with E-state index in [1.807, 2.05) is 36.4 Å². The second kappa shape index (κ2) is 15.0. The van der Waals surface area contributed by atoms with Gasteiger partial charge in [-0.1, -0.05) is 208 Å². The SMILES string of the molecule is CC1(C)c2ccccc2-c2c(-n3c4ccccc4c4c(-c5ccccc5)cc(-c5ccc(-c6nc(-c7ccccc7)nc(-c7ccc(-c8ccccc8)cc7)n6)cc5)cc43)cccc21. The molecule has 9 aromatic carbocycles. The van der Waals surface area contributed by atoms with Gasteiger partial charge in [0.25, 0.3) is 0 Å². The summed E-state index contributed by atoms with van der Waals surface area (Å²) in [4.78, 5) is 15.2. The summed E-state index contributed by atoms with van der Waals surface area (Å²) in [6, 6.07) is 78.0. The third-order valence-corrected chi connectivity index (χ3v) is 13.1. The van der Waals surface area contributed by atoms with Crippen molar-refractivity contribution in [1.82, 2.24) is 19.5 Å². The molecule has 0 N–H and O–H groups in total. The Kier molecular flexibility index (Phi) is 8.80. The molecule has 4 heteroatoms. The highest BCUT2D eigenvalue weighted by atomic mass is 15.0. The molecule has 0 saturated heterocycles. The fraction of sp³-hybridized carbons (Fsp3) is 0.0500. The molecule has 0 bridgehead atoms. The van der Waals surface area contributed by atoms with Gasteiger partial charge in [-0.15, -0.1) is 0 Å². The Bertz CT molecular complexity index is 3530. The lowest BCUT2D eigenvalue weighted by Crippen LogP contribution is -2.14. The standard InChI is InChI=1S/C60H42N4/c1-60(2)50-25-14-12-23-47(50)56-51(60)26-16-28-53(56)64-52-27-15-13-24-48(52)55-49(42-19-8-4-9-20-42)37-46(38-54(55)64)41-31-35-45(36-32-41)59-62-57(43-21-10-5-11-22-43)61-58(63-59)44-33-29-40(30-34-44)39-17-6-3-7-18-39/h3-38H,1-2H3. The Morgan fingerprint density at radius 3 is 1.45 bits per heavy atom. The van der Waals surface area contributed by atoms with Crippen molar-refractivity contribution in [2.75, 3.05) is 0 Å². The molecule has 0 radical (unpaired) electrons. The van der Waals surface area contributed by atoms with Crippen molar-refractivity contribution in [3.63, 3.8) is 0 Å². The maximum absolute atomic E-state index is 5.10. The first-order valence-electron chi connectivity index (χ1n) is 21.9. The van der Waals surface area contributed by atoms with Crippen LogP contribution in [0.2, 0.25) is 0 Å². The highest BCUT2D eigenvalue weighted by Gasteiger charge is 2.37. The van der Waals surface area contributed by atoms with Crippen LogP contribution < -0.4 is 0 Å². The van der Waals surface area contributed by atoms with Gasteiger partial charge in [0.1, 0.15) is 0 Å². The fourth-order valence-corrected chi connectivity index (χ4v) is 9.89. The Balaban J connectivity index is 1.02. The van der Waals surface area contributed by atoms with E-state index in [2.05, 4.69) is 200 Å². The van der Waals surface area contributed by atoms with E-state index in [4.69, 9.17) is 15.0 Å². The molecule has 302 valence electrons. The molecule has 0 aliphatic heterocycles. The van der Waals surface area contributed by atoms with Crippen molar-refractivity contribution >= 4 is 21.8 Å². The number of hydrogen-bond donors (Lipinski definition) is 0. The highest BCUT2D eigenvalue weighted by molar-refractivity contribution is 6.17. The van der Waals surface area contributed by atoms with E-state index in [1.54, 1.807) is 0 Å². The number of aromatic nitrogens is 4. The molecular formula is C60H42N4. The van der Waals surface area contributed by atoms with Crippen molar-refractivity contribution in [2.45, 2.75) is 19.3 Å². The lowest BCUT2D eigenvalue weighted by Gasteiger charge is -2.22. The summed E-state index contributed by atoms with van der Waals surface area (Å²) in [5, 5.41) is 2.48. The molecule has 0 fully saturated rings. The molecule has 11 aromatic rings. The minimum atomic E-state index is -0.114. The van der Waals surface area contributed by atoms with Crippen LogP contribution in [-0.4, -0.2) is 19.5 Å². The van der Waals surface area contributed by atoms with Crippen LogP contribution in [0.15, 0.2) is 218 Å².